The van der Waals surface area contributed by atoms with Crippen molar-refractivity contribution in [1.82, 2.24) is 20.0 Å². The highest BCUT2D eigenvalue weighted by Crippen LogP contribution is 2.34. The minimum absolute atomic E-state index is 0.0911. The number of rotatable bonds is 6. The van der Waals surface area contributed by atoms with Crippen LogP contribution in [0.2, 0.25) is 0 Å². The van der Waals surface area contributed by atoms with E-state index < -0.39 is 12.0 Å². The number of hydrogen-bond acceptors (Lipinski definition) is 5. The molecule has 1 saturated carbocycles. The normalized spacial score (nSPS) is 24.1. The number of amides is 3. The zero-order chi connectivity index (χ0) is 23.7. The first-order valence-electron chi connectivity index (χ1n) is 11.8. The smallest absolute Gasteiger partial charge is 0.338 e. The summed E-state index contributed by atoms with van der Waals surface area (Å²) in [5, 5.41) is 2.99. The molecule has 0 spiro atoms. The molecule has 1 aromatic rings. The Morgan fingerprint density at radius 2 is 1.91 bits per heavy atom. The molecule has 0 unspecified atom stereocenters. The Labute approximate surface area is 195 Å². The van der Waals surface area contributed by atoms with Crippen LogP contribution >= 0.6 is 0 Å². The van der Waals surface area contributed by atoms with Gasteiger partial charge in [-0.2, -0.15) is 0 Å². The van der Waals surface area contributed by atoms with Gasteiger partial charge in [-0.25, -0.2) is 9.59 Å². The predicted octanol–water partition coefficient (Wildman–Crippen LogP) is 2.45. The van der Waals surface area contributed by atoms with Crippen LogP contribution < -0.4 is 5.32 Å². The van der Waals surface area contributed by atoms with E-state index in [1.807, 2.05) is 36.1 Å². The van der Waals surface area contributed by atoms with E-state index in [2.05, 4.69) is 17.1 Å². The molecule has 1 aliphatic carbocycles. The molecule has 178 valence electrons. The number of nitrogens with zero attached hydrogens (tertiary/aromatic N) is 3. The van der Waals surface area contributed by atoms with Crippen molar-refractivity contribution in [2.45, 2.75) is 45.7 Å². The largest absolute Gasteiger partial charge is 0.463 e. The number of nitrogens with one attached hydrogen (secondary N) is 1. The Morgan fingerprint density at radius 1 is 1.18 bits per heavy atom. The molecular formula is C25H34N4O4. The highest BCUT2D eigenvalue weighted by Gasteiger charge is 2.40. The third kappa shape index (κ3) is 4.76. The summed E-state index contributed by atoms with van der Waals surface area (Å²) in [6.45, 7) is 8.58. The zero-order valence-corrected chi connectivity index (χ0v) is 20.0. The molecule has 4 rings (SSSR count). The monoisotopic (exact) mass is 454 g/mol. The molecule has 8 heteroatoms. The predicted molar refractivity (Wildman–Crippen MR) is 124 cm³/mol. The summed E-state index contributed by atoms with van der Waals surface area (Å²) in [5.74, 6) is 0.0609. The van der Waals surface area contributed by atoms with Gasteiger partial charge in [0.05, 0.1) is 18.2 Å². The van der Waals surface area contributed by atoms with Gasteiger partial charge in [0, 0.05) is 50.9 Å². The fourth-order valence-electron chi connectivity index (χ4n) is 4.82. The van der Waals surface area contributed by atoms with Crippen molar-refractivity contribution in [1.29, 1.82) is 0 Å². The number of benzene rings is 1. The summed E-state index contributed by atoms with van der Waals surface area (Å²) in [7, 11) is 1.69. The Kier molecular flexibility index (Phi) is 6.74. The number of aryl methyl sites for hydroxylation is 1. The average molecular weight is 455 g/mol. The van der Waals surface area contributed by atoms with E-state index >= 15 is 0 Å². The van der Waals surface area contributed by atoms with Crippen LogP contribution in [0.4, 0.5) is 4.79 Å². The zero-order valence-electron chi connectivity index (χ0n) is 20.0. The molecule has 2 atom stereocenters. The molecule has 3 amide bonds. The Bertz CT molecular complexity index is 971. The van der Waals surface area contributed by atoms with Crippen molar-refractivity contribution in [3.8, 4) is 0 Å². The second-order valence-corrected chi connectivity index (χ2v) is 9.27. The molecule has 0 bridgehead atoms. The van der Waals surface area contributed by atoms with Gasteiger partial charge in [0.1, 0.15) is 0 Å². The van der Waals surface area contributed by atoms with Gasteiger partial charge < -0.3 is 15.0 Å². The lowest BCUT2D eigenvalue weighted by Gasteiger charge is -2.42. The van der Waals surface area contributed by atoms with Gasteiger partial charge in [0.2, 0.25) is 5.91 Å². The SMILES string of the molecule is CCOC(=O)C1=C(CN2CCN(C(=O)C3CC3)[C@H](C)C2)N(C)C(=O)N[C@H]1c1ccccc1C. The van der Waals surface area contributed by atoms with Gasteiger partial charge in [-0.1, -0.05) is 24.3 Å². The summed E-state index contributed by atoms with van der Waals surface area (Å²) in [5.41, 5.74) is 3.00. The molecular weight excluding hydrogens is 420 g/mol. The average Bonchev–Trinajstić information content (AvgIpc) is 3.62. The summed E-state index contributed by atoms with van der Waals surface area (Å²) in [6, 6.07) is 7.03. The molecule has 0 aromatic heterocycles. The van der Waals surface area contributed by atoms with E-state index in [1.54, 1.807) is 14.0 Å². The molecule has 2 aliphatic heterocycles. The van der Waals surface area contributed by atoms with Gasteiger partial charge in [-0.05, 0) is 44.7 Å². The van der Waals surface area contributed by atoms with Crippen molar-refractivity contribution in [3.63, 3.8) is 0 Å². The fourth-order valence-corrected chi connectivity index (χ4v) is 4.82. The third-order valence-corrected chi connectivity index (χ3v) is 6.87. The molecule has 8 nitrogen and oxygen atoms in total. The lowest BCUT2D eigenvalue weighted by atomic mass is 9.91. The van der Waals surface area contributed by atoms with Crippen molar-refractivity contribution in [2.24, 2.45) is 5.92 Å². The number of carbonyl (C=O) groups is 3. The number of carbonyl (C=O) groups excluding carboxylic acids is 3. The van der Waals surface area contributed by atoms with E-state index in [9.17, 15) is 14.4 Å². The summed E-state index contributed by atoms with van der Waals surface area (Å²) in [6.07, 6.45) is 2.00. The van der Waals surface area contributed by atoms with Crippen LogP contribution in [0.5, 0.6) is 0 Å². The molecule has 1 aromatic carbocycles. The first-order valence-corrected chi connectivity index (χ1v) is 11.8. The Hall–Kier alpha value is -2.87. The number of hydrogen-bond donors (Lipinski definition) is 1. The standard InChI is InChI=1S/C25H34N4O4/c1-5-33-24(31)21-20(15-28-12-13-29(17(3)14-28)23(30)18-10-11-18)27(4)25(32)26-22(21)19-9-7-6-8-16(19)2/h6-9,17-18,22H,5,10-15H2,1-4H3,(H,26,32)/t17-,22+/m1/s1. The number of piperazine rings is 1. The number of ether oxygens (including phenoxy) is 1. The first-order chi connectivity index (χ1) is 15.8. The van der Waals surface area contributed by atoms with E-state index in [0.717, 1.165) is 24.0 Å². The van der Waals surface area contributed by atoms with E-state index in [1.165, 1.54) is 4.90 Å². The molecule has 1 N–H and O–H groups in total. The van der Waals surface area contributed by atoms with Crippen LogP contribution in [0, 0.1) is 12.8 Å². The number of likely N-dealkylation sites (N-methyl/N-ethyl adjacent to an activating group) is 1. The summed E-state index contributed by atoms with van der Waals surface area (Å²) < 4.78 is 5.43. The van der Waals surface area contributed by atoms with E-state index in [0.29, 0.717) is 37.4 Å². The van der Waals surface area contributed by atoms with Crippen molar-refractivity contribution in [3.05, 3.63) is 46.7 Å². The molecule has 0 radical (unpaired) electrons. The molecule has 2 fully saturated rings. The minimum Gasteiger partial charge on any atom is -0.463 e. The van der Waals surface area contributed by atoms with Crippen molar-refractivity contribution < 1.29 is 19.1 Å². The second-order valence-electron chi connectivity index (χ2n) is 9.27. The van der Waals surface area contributed by atoms with Crippen LogP contribution in [0.15, 0.2) is 35.5 Å². The Morgan fingerprint density at radius 3 is 2.55 bits per heavy atom. The van der Waals surface area contributed by atoms with E-state index in [4.69, 9.17) is 4.74 Å². The third-order valence-electron chi connectivity index (χ3n) is 6.87. The topological polar surface area (TPSA) is 82.2 Å². The van der Waals surface area contributed by atoms with Crippen LogP contribution in [0.1, 0.15) is 43.9 Å². The van der Waals surface area contributed by atoms with Crippen molar-refractivity contribution in [2.75, 3.05) is 39.8 Å². The van der Waals surface area contributed by atoms with E-state index in [-0.39, 0.29) is 30.5 Å². The molecule has 3 aliphatic rings. The quantitative estimate of drug-likeness (QED) is 0.668. The second kappa shape index (κ2) is 9.55. The van der Waals surface area contributed by atoms with Gasteiger partial charge >= 0.3 is 12.0 Å². The maximum atomic E-state index is 13.2. The molecule has 2 heterocycles. The van der Waals surface area contributed by atoms with Crippen LogP contribution in [-0.4, -0.2) is 78.5 Å². The maximum absolute atomic E-state index is 13.2. The van der Waals surface area contributed by atoms with Crippen molar-refractivity contribution >= 4 is 17.9 Å². The Balaban J connectivity index is 1.64. The van der Waals surface area contributed by atoms with Crippen LogP contribution in [-0.2, 0) is 14.3 Å². The first kappa shape index (κ1) is 23.3. The maximum Gasteiger partial charge on any atom is 0.338 e. The lowest BCUT2D eigenvalue weighted by molar-refractivity contribution is -0.139. The highest BCUT2D eigenvalue weighted by atomic mass is 16.5. The lowest BCUT2D eigenvalue weighted by Crippen LogP contribution is -2.56. The highest BCUT2D eigenvalue weighted by molar-refractivity contribution is 5.95. The number of urea groups is 1. The summed E-state index contributed by atoms with van der Waals surface area (Å²) in [4.78, 5) is 44.4. The fraction of sp³-hybridized carbons (Fsp3) is 0.560. The molecule has 1 saturated heterocycles. The number of esters is 1. The van der Waals surface area contributed by atoms with Crippen LogP contribution in [0.25, 0.3) is 0 Å². The van der Waals surface area contributed by atoms with Gasteiger partial charge in [0.15, 0.2) is 0 Å². The van der Waals surface area contributed by atoms with Gasteiger partial charge in [-0.3, -0.25) is 14.6 Å². The van der Waals surface area contributed by atoms with Gasteiger partial charge in [-0.15, -0.1) is 0 Å². The van der Waals surface area contributed by atoms with Crippen LogP contribution in [0.3, 0.4) is 0 Å². The summed E-state index contributed by atoms with van der Waals surface area (Å²) >= 11 is 0. The van der Waals surface area contributed by atoms with Gasteiger partial charge in [0.25, 0.3) is 0 Å². The minimum atomic E-state index is -0.570. The molecule has 33 heavy (non-hydrogen) atoms.